The first-order chi connectivity index (χ1) is 8.12. The van der Waals surface area contributed by atoms with E-state index in [0.717, 1.165) is 23.0 Å². The quantitative estimate of drug-likeness (QED) is 0.871. The Morgan fingerprint density at radius 2 is 2.29 bits per heavy atom. The number of carbonyl (C=O) groups is 1. The normalized spacial score (nSPS) is 23.6. The fourth-order valence-corrected chi connectivity index (χ4v) is 2.32. The third-order valence-electron chi connectivity index (χ3n) is 3.18. The molecular formula is C13H16BrNO2. The summed E-state index contributed by atoms with van der Waals surface area (Å²) < 4.78 is 6.36. The van der Waals surface area contributed by atoms with Crippen LogP contribution >= 0.6 is 15.9 Å². The Morgan fingerprint density at radius 3 is 2.94 bits per heavy atom. The van der Waals surface area contributed by atoms with Crippen molar-refractivity contribution in [2.75, 3.05) is 13.1 Å². The second-order valence-corrected chi connectivity index (χ2v) is 5.51. The number of ether oxygens (including phenoxy) is 1. The van der Waals surface area contributed by atoms with Crippen LogP contribution in [0.3, 0.4) is 0 Å². The average molecular weight is 298 g/mol. The minimum Gasteiger partial charge on any atom is -0.460 e. The maximum absolute atomic E-state index is 12.0. The molecular weight excluding hydrogens is 282 g/mol. The molecule has 17 heavy (non-hydrogen) atoms. The Morgan fingerprint density at radius 1 is 1.53 bits per heavy atom. The number of halogens is 1. The smallest absolute Gasteiger partial charge is 0.313 e. The second-order valence-electron chi connectivity index (χ2n) is 4.65. The second kappa shape index (κ2) is 5.19. The van der Waals surface area contributed by atoms with Crippen molar-refractivity contribution in [1.29, 1.82) is 0 Å². The van der Waals surface area contributed by atoms with Crippen LogP contribution in [0.2, 0.25) is 0 Å². The molecule has 92 valence electrons. The van der Waals surface area contributed by atoms with E-state index in [1.807, 2.05) is 31.2 Å². The van der Waals surface area contributed by atoms with Gasteiger partial charge in [0, 0.05) is 16.6 Å². The van der Waals surface area contributed by atoms with Crippen LogP contribution in [-0.2, 0) is 16.1 Å². The van der Waals surface area contributed by atoms with Gasteiger partial charge in [-0.1, -0.05) is 34.1 Å². The molecule has 0 saturated carbocycles. The number of rotatable bonds is 3. The lowest BCUT2D eigenvalue weighted by atomic mass is 9.90. The fraction of sp³-hybridized carbons (Fsp3) is 0.462. The van der Waals surface area contributed by atoms with E-state index in [-0.39, 0.29) is 11.4 Å². The maximum Gasteiger partial charge on any atom is 0.313 e. The minimum absolute atomic E-state index is 0.113. The van der Waals surface area contributed by atoms with Crippen molar-refractivity contribution in [3.63, 3.8) is 0 Å². The fourth-order valence-electron chi connectivity index (χ4n) is 1.92. The van der Waals surface area contributed by atoms with Crippen LogP contribution in [0.5, 0.6) is 0 Å². The van der Waals surface area contributed by atoms with Gasteiger partial charge in [-0.05, 0) is 26.0 Å². The van der Waals surface area contributed by atoms with Crippen LogP contribution in [-0.4, -0.2) is 19.1 Å². The van der Waals surface area contributed by atoms with E-state index < -0.39 is 0 Å². The van der Waals surface area contributed by atoms with E-state index in [1.54, 1.807) is 0 Å². The first kappa shape index (κ1) is 12.6. The molecule has 0 amide bonds. The Hall–Kier alpha value is -0.870. The van der Waals surface area contributed by atoms with Gasteiger partial charge in [-0.25, -0.2) is 0 Å². The summed E-state index contributed by atoms with van der Waals surface area (Å²) in [7, 11) is 0. The van der Waals surface area contributed by atoms with E-state index in [4.69, 9.17) is 4.74 Å². The molecule has 0 bridgehead atoms. The first-order valence-corrected chi connectivity index (χ1v) is 6.52. The van der Waals surface area contributed by atoms with E-state index in [1.165, 1.54) is 0 Å². The third-order valence-corrected chi connectivity index (χ3v) is 3.95. The topological polar surface area (TPSA) is 38.3 Å². The van der Waals surface area contributed by atoms with Crippen molar-refractivity contribution in [2.24, 2.45) is 5.41 Å². The number of benzene rings is 1. The van der Waals surface area contributed by atoms with Crippen LogP contribution in [0.1, 0.15) is 18.9 Å². The molecule has 1 saturated heterocycles. The number of esters is 1. The van der Waals surface area contributed by atoms with Gasteiger partial charge in [0.25, 0.3) is 0 Å². The molecule has 1 heterocycles. The number of hydrogen-bond donors (Lipinski definition) is 1. The van der Waals surface area contributed by atoms with Crippen molar-refractivity contribution in [3.05, 3.63) is 34.3 Å². The van der Waals surface area contributed by atoms with Crippen molar-refractivity contribution in [1.82, 2.24) is 5.32 Å². The van der Waals surface area contributed by atoms with E-state index in [2.05, 4.69) is 21.2 Å². The lowest BCUT2D eigenvalue weighted by Gasteiger charge is -2.20. The molecule has 0 aromatic heterocycles. The molecule has 0 aliphatic carbocycles. The summed E-state index contributed by atoms with van der Waals surface area (Å²) in [5.74, 6) is -0.113. The SMILES string of the molecule is CC1(C(=O)OCc2ccccc2Br)CCNC1. The zero-order valence-corrected chi connectivity index (χ0v) is 11.4. The molecule has 3 nitrogen and oxygen atoms in total. The molecule has 1 unspecified atom stereocenters. The summed E-state index contributed by atoms with van der Waals surface area (Å²) in [6.45, 7) is 3.88. The third kappa shape index (κ3) is 2.87. The van der Waals surface area contributed by atoms with Crippen LogP contribution < -0.4 is 5.32 Å². The number of hydrogen-bond acceptors (Lipinski definition) is 3. The highest BCUT2D eigenvalue weighted by atomic mass is 79.9. The van der Waals surface area contributed by atoms with Crippen LogP contribution in [0, 0.1) is 5.41 Å². The summed E-state index contributed by atoms with van der Waals surface area (Å²) in [5.41, 5.74) is 0.636. The Kier molecular flexibility index (Phi) is 3.84. The van der Waals surface area contributed by atoms with Gasteiger partial charge in [0.2, 0.25) is 0 Å². The average Bonchev–Trinajstić information content (AvgIpc) is 2.76. The molecule has 1 aliphatic rings. The predicted molar refractivity (Wildman–Crippen MR) is 69.5 cm³/mol. The zero-order chi connectivity index (χ0) is 12.3. The molecule has 4 heteroatoms. The molecule has 0 radical (unpaired) electrons. The lowest BCUT2D eigenvalue weighted by molar-refractivity contribution is -0.155. The monoisotopic (exact) mass is 297 g/mol. The predicted octanol–water partition coefficient (Wildman–Crippen LogP) is 2.49. The van der Waals surface area contributed by atoms with Crippen molar-refractivity contribution in [3.8, 4) is 0 Å². The summed E-state index contributed by atoms with van der Waals surface area (Å²) in [6, 6.07) is 7.78. The molecule has 1 atom stereocenters. The van der Waals surface area contributed by atoms with Crippen LogP contribution in [0.4, 0.5) is 0 Å². The lowest BCUT2D eigenvalue weighted by Crippen LogP contribution is -2.31. The van der Waals surface area contributed by atoms with Crippen molar-refractivity contribution >= 4 is 21.9 Å². The Labute approximate surface area is 110 Å². The summed E-state index contributed by atoms with van der Waals surface area (Å²) in [5, 5.41) is 3.19. The van der Waals surface area contributed by atoms with Gasteiger partial charge in [-0.3, -0.25) is 4.79 Å². The van der Waals surface area contributed by atoms with E-state index >= 15 is 0 Å². The van der Waals surface area contributed by atoms with Crippen molar-refractivity contribution < 1.29 is 9.53 Å². The molecule has 1 aromatic rings. The standard InChI is InChI=1S/C13H16BrNO2/c1-13(6-7-15-9-13)12(16)17-8-10-4-2-3-5-11(10)14/h2-5,15H,6-9H2,1H3. The maximum atomic E-state index is 12.0. The molecule has 0 spiro atoms. The summed E-state index contributed by atoms with van der Waals surface area (Å²) in [4.78, 5) is 12.0. The molecule has 1 aromatic carbocycles. The van der Waals surface area contributed by atoms with Gasteiger partial charge in [-0.15, -0.1) is 0 Å². The molecule has 2 rings (SSSR count). The van der Waals surface area contributed by atoms with Gasteiger partial charge in [0.1, 0.15) is 6.61 Å². The van der Waals surface area contributed by atoms with Crippen molar-refractivity contribution in [2.45, 2.75) is 20.0 Å². The highest BCUT2D eigenvalue weighted by Crippen LogP contribution is 2.27. The number of carbonyl (C=O) groups excluding carboxylic acids is 1. The zero-order valence-electron chi connectivity index (χ0n) is 9.83. The first-order valence-electron chi connectivity index (χ1n) is 5.73. The highest BCUT2D eigenvalue weighted by Gasteiger charge is 2.37. The summed E-state index contributed by atoms with van der Waals surface area (Å²) >= 11 is 3.44. The van der Waals surface area contributed by atoms with E-state index in [9.17, 15) is 4.79 Å². The summed E-state index contributed by atoms with van der Waals surface area (Å²) in [6.07, 6.45) is 0.849. The molecule has 1 N–H and O–H groups in total. The highest BCUT2D eigenvalue weighted by molar-refractivity contribution is 9.10. The van der Waals surface area contributed by atoms with Gasteiger partial charge in [0.05, 0.1) is 5.41 Å². The van der Waals surface area contributed by atoms with Gasteiger partial charge in [0.15, 0.2) is 0 Å². The van der Waals surface area contributed by atoms with Gasteiger partial charge in [-0.2, -0.15) is 0 Å². The number of nitrogens with one attached hydrogen (secondary N) is 1. The van der Waals surface area contributed by atoms with E-state index in [0.29, 0.717) is 13.2 Å². The largest absolute Gasteiger partial charge is 0.460 e. The van der Waals surface area contributed by atoms with Crippen LogP contribution in [0.25, 0.3) is 0 Å². The van der Waals surface area contributed by atoms with Gasteiger partial charge >= 0.3 is 5.97 Å². The Balaban J connectivity index is 1.94. The molecule has 1 fully saturated rings. The van der Waals surface area contributed by atoms with Crippen LogP contribution in [0.15, 0.2) is 28.7 Å². The molecule has 1 aliphatic heterocycles. The van der Waals surface area contributed by atoms with Gasteiger partial charge < -0.3 is 10.1 Å². The minimum atomic E-state index is -0.360. The Bertz CT molecular complexity index is 414.